The van der Waals surface area contributed by atoms with Gasteiger partial charge >= 0.3 is 6.03 Å². The molecule has 1 N–H and O–H groups in total. The molecule has 6 heteroatoms. The molecule has 1 atom stereocenters. The Morgan fingerprint density at radius 2 is 2.32 bits per heavy atom. The van der Waals surface area contributed by atoms with E-state index < -0.39 is 0 Å². The van der Waals surface area contributed by atoms with Crippen molar-refractivity contribution in [3.05, 3.63) is 53.7 Å². The molecule has 1 unspecified atom stereocenters. The predicted octanol–water partition coefficient (Wildman–Crippen LogP) is 3.48. The molecule has 2 heterocycles. The van der Waals surface area contributed by atoms with E-state index in [0.29, 0.717) is 30.1 Å². The number of fused-ring (bicyclic) bond motifs is 1. The fourth-order valence-corrected chi connectivity index (χ4v) is 2.84. The van der Waals surface area contributed by atoms with E-state index in [1.807, 2.05) is 0 Å². The van der Waals surface area contributed by atoms with Crippen molar-refractivity contribution in [3.63, 3.8) is 0 Å². The Kier molecular flexibility index (Phi) is 5.24. The molecule has 5 nitrogen and oxygen atoms in total. The van der Waals surface area contributed by atoms with Crippen molar-refractivity contribution in [3.8, 4) is 18.1 Å². The zero-order valence-corrected chi connectivity index (χ0v) is 13.7. The second-order valence-corrected chi connectivity index (χ2v) is 5.81. The van der Waals surface area contributed by atoms with E-state index in [1.165, 1.54) is 17.0 Å². The molecule has 0 spiro atoms. The summed E-state index contributed by atoms with van der Waals surface area (Å²) < 4.78 is 24.6. The Morgan fingerprint density at radius 3 is 3.08 bits per heavy atom. The number of carbonyl (C=O) groups is 1. The lowest BCUT2D eigenvalue weighted by Gasteiger charge is -2.24. The molecule has 0 aliphatic carbocycles. The molecular weight excluding hydrogens is 323 g/mol. The molecule has 0 bridgehead atoms. The van der Waals surface area contributed by atoms with E-state index in [0.717, 1.165) is 6.42 Å². The molecule has 3 rings (SSSR count). The lowest BCUT2D eigenvalue weighted by atomic mass is 10.0. The van der Waals surface area contributed by atoms with Crippen molar-refractivity contribution in [2.45, 2.75) is 25.4 Å². The molecule has 1 aliphatic heterocycles. The highest BCUT2D eigenvalue weighted by molar-refractivity contribution is 5.75. The van der Waals surface area contributed by atoms with E-state index in [1.54, 1.807) is 24.5 Å². The van der Waals surface area contributed by atoms with Gasteiger partial charge in [0.25, 0.3) is 0 Å². The predicted molar refractivity (Wildman–Crippen MR) is 90.4 cm³/mol. The Morgan fingerprint density at radius 1 is 1.44 bits per heavy atom. The summed E-state index contributed by atoms with van der Waals surface area (Å²) in [7, 11) is 0. The fraction of sp³-hybridized carbons (Fsp3) is 0.316. The van der Waals surface area contributed by atoms with Gasteiger partial charge in [0.2, 0.25) is 0 Å². The maximum atomic E-state index is 13.7. The molecule has 0 fully saturated rings. The minimum Gasteiger partial charge on any atom is -0.493 e. The van der Waals surface area contributed by atoms with E-state index in [-0.39, 0.29) is 31.0 Å². The first-order valence-electron chi connectivity index (χ1n) is 8.11. The van der Waals surface area contributed by atoms with Crippen molar-refractivity contribution in [2.24, 2.45) is 0 Å². The van der Waals surface area contributed by atoms with Crippen LogP contribution in [-0.2, 0) is 6.54 Å². The molecule has 25 heavy (non-hydrogen) atoms. The maximum Gasteiger partial charge on any atom is 0.319 e. The summed E-state index contributed by atoms with van der Waals surface area (Å²) in [6, 6.07) is 7.23. The summed E-state index contributed by atoms with van der Waals surface area (Å²) in [6.07, 6.45) is 8.34. The number of terminal acetylenes is 1. The van der Waals surface area contributed by atoms with Crippen molar-refractivity contribution >= 4 is 6.03 Å². The molecule has 0 saturated heterocycles. The van der Waals surface area contributed by atoms with Gasteiger partial charge in [0.15, 0.2) is 0 Å². The number of urea groups is 1. The van der Waals surface area contributed by atoms with Crippen LogP contribution in [0, 0.1) is 18.2 Å². The topological polar surface area (TPSA) is 54.7 Å². The summed E-state index contributed by atoms with van der Waals surface area (Å²) >= 11 is 0. The Balaban J connectivity index is 1.76. The van der Waals surface area contributed by atoms with Crippen LogP contribution < -0.4 is 10.1 Å². The van der Waals surface area contributed by atoms with Gasteiger partial charge in [-0.1, -0.05) is 5.92 Å². The standard InChI is InChI=1S/C19H19FN2O3/c1-2-9-22(13-15-5-3-10-24-15)19(23)21-17-6-4-11-25-18-8-7-14(20)12-16(17)18/h1,3,5,7-8,10,12,17H,4,6,9,11,13H2,(H,21,23). The number of benzene rings is 1. The Labute approximate surface area is 145 Å². The molecule has 2 amide bonds. The molecule has 0 radical (unpaired) electrons. The van der Waals surface area contributed by atoms with Gasteiger partial charge in [-0.15, -0.1) is 6.42 Å². The lowest BCUT2D eigenvalue weighted by Crippen LogP contribution is -2.41. The minimum absolute atomic E-state index is 0.145. The quantitative estimate of drug-likeness (QED) is 0.866. The summed E-state index contributed by atoms with van der Waals surface area (Å²) in [6.45, 7) is 0.944. The maximum absolute atomic E-state index is 13.7. The van der Waals surface area contributed by atoms with Crippen LogP contribution in [-0.4, -0.2) is 24.1 Å². The zero-order valence-electron chi connectivity index (χ0n) is 13.7. The van der Waals surface area contributed by atoms with Gasteiger partial charge < -0.3 is 19.4 Å². The number of hydrogen-bond donors (Lipinski definition) is 1. The number of hydrogen-bond acceptors (Lipinski definition) is 3. The highest BCUT2D eigenvalue weighted by Gasteiger charge is 2.24. The van der Waals surface area contributed by atoms with Crippen molar-refractivity contribution < 1.29 is 18.3 Å². The fourth-order valence-electron chi connectivity index (χ4n) is 2.84. The highest BCUT2D eigenvalue weighted by Crippen LogP contribution is 2.32. The van der Waals surface area contributed by atoms with Crippen LogP contribution in [0.3, 0.4) is 0 Å². The van der Waals surface area contributed by atoms with Crippen LogP contribution in [0.2, 0.25) is 0 Å². The van der Waals surface area contributed by atoms with E-state index in [9.17, 15) is 9.18 Å². The largest absolute Gasteiger partial charge is 0.493 e. The second-order valence-electron chi connectivity index (χ2n) is 5.81. The van der Waals surface area contributed by atoms with E-state index in [4.69, 9.17) is 15.6 Å². The van der Waals surface area contributed by atoms with Gasteiger partial charge in [0.05, 0.1) is 32.0 Å². The first kappa shape index (κ1) is 16.9. The van der Waals surface area contributed by atoms with Gasteiger partial charge in [-0.2, -0.15) is 0 Å². The van der Waals surface area contributed by atoms with Crippen molar-refractivity contribution in [1.82, 2.24) is 10.2 Å². The van der Waals surface area contributed by atoms with Crippen LogP contribution in [0.1, 0.15) is 30.2 Å². The number of nitrogens with one attached hydrogen (secondary N) is 1. The first-order valence-corrected chi connectivity index (χ1v) is 8.11. The number of furan rings is 1. The third-order valence-corrected chi connectivity index (χ3v) is 4.04. The molecular formula is C19H19FN2O3. The number of carbonyl (C=O) groups excluding carboxylic acids is 1. The zero-order chi connectivity index (χ0) is 17.6. The Hall–Kier alpha value is -2.94. The van der Waals surface area contributed by atoms with Crippen LogP contribution in [0.25, 0.3) is 0 Å². The monoisotopic (exact) mass is 342 g/mol. The van der Waals surface area contributed by atoms with Crippen molar-refractivity contribution in [2.75, 3.05) is 13.2 Å². The van der Waals surface area contributed by atoms with E-state index >= 15 is 0 Å². The SMILES string of the molecule is C#CCN(Cc1ccco1)C(=O)NC1CCCOc2ccc(F)cc21. The molecule has 1 aromatic heterocycles. The van der Waals surface area contributed by atoms with Crippen LogP contribution in [0.4, 0.5) is 9.18 Å². The number of nitrogens with zero attached hydrogens (tertiary/aromatic N) is 1. The highest BCUT2D eigenvalue weighted by atomic mass is 19.1. The second kappa shape index (κ2) is 7.75. The lowest BCUT2D eigenvalue weighted by molar-refractivity contribution is 0.192. The van der Waals surface area contributed by atoms with Gasteiger partial charge in [-0.05, 0) is 43.2 Å². The molecule has 0 saturated carbocycles. The first-order chi connectivity index (χ1) is 12.2. The van der Waals surface area contributed by atoms with Crippen LogP contribution in [0.5, 0.6) is 5.75 Å². The van der Waals surface area contributed by atoms with E-state index in [2.05, 4.69) is 11.2 Å². The summed E-state index contributed by atoms with van der Waals surface area (Å²) in [5, 5.41) is 2.94. The van der Waals surface area contributed by atoms with Gasteiger partial charge in [0, 0.05) is 5.56 Å². The molecule has 1 aliphatic rings. The third kappa shape index (κ3) is 4.13. The van der Waals surface area contributed by atoms with Gasteiger partial charge in [-0.25, -0.2) is 9.18 Å². The number of halogens is 1. The molecule has 130 valence electrons. The van der Waals surface area contributed by atoms with Crippen molar-refractivity contribution in [1.29, 1.82) is 0 Å². The molecule has 1 aromatic carbocycles. The van der Waals surface area contributed by atoms with Gasteiger partial charge in [-0.3, -0.25) is 0 Å². The number of ether oxygens (including phenoxy) is 1. The minimum atomic E-state index is -0.362. The van der Waals surface area contributed by atoms with Crippen LogP contribution in [0.15, 0.2) is 41.0 Å². The number of amides is 2. The summed E-state index contributed by atoms with van der Waals surface area (Å²) in [4.78, 5) is 14.2. The number of rotatable bonds is 4. The van der Waals surface area contributed by atoms with Gasteiger partial charge in [0.1, 0.15) is 17.3 Å². The molecule has 2 aromatic rings. The average molecular weight is 342 g/mol. The van der Waals surface area contributed by atoms with Crippen LogP contribution >= 0.6 is 0 Å². The third-order valence-electron chi connectivity index (χ3n) is 4.04. The summed E-state index contributed by atoms with van der Waals surface area (Å²) in [5.41, 5.74) is 0.643. The smallest absolute Gasteiger partial charge is 0.319 e. The Bertz CT molecular complexity index is 767. The normalized spacial score (nSPS) is 16.1. The average Bonchev–Trinajstić information content (AvgIpc) is 3.03. The summed E-state index contributed by atoms with van der Waals surface area (Å²) in [5.74, 6) is 3.35.